The molecule has 0 atom stereocenters. The Bertz CT molecular complexity index is 438. The van der Waals surface area contributed by atoms with Crippen LogP contribution in [0.25, 0.3) is 0 Å². The summed E-state index contributed by atoms with van der Waals surface area (Å²) >= 11 is 3.26. The second-order valence-electron chi connectivity index (χ2n) is 3.92. The molecular weight excluding hydrogens is 282 g/mol. The molecule has 0 spiro atoms. The van der Waals surface area contributed by atoms with Gasteiger partial charge in [-0.3, -0.25) is 4.68 Å². The molecule has 0 aliphatic heterocycles. The predicted octanol–water partition coefficient (Wildman–Crippen LogP) is 0.872. The van der Waals surface area contributed by atoms with E-state index in [1.165, 1.54) is 16.9 Å². The van der Waals surface area contributed by atoms with Crippen molar-refractivity contribution in [1.82, 2.24) is 14.5 Å². The highest BCUT2D eigenvalue weighted by molar-refractivity contribution is 9.09. The molecule has 1 heterocycles. The number of aryl methyl sites for hydroxylation is 1. The van der Waals surface area contributed by atoms with Crippen molar-refractivity contribution in [3.63, 3.8) is 0 Å². The number of aromatic nitrogens is 2. The van der Waals surface area contributed by atoms with E-state index < -0.39 is 15.6 Å². The summed E-state index contributed by atoms with van der Waals surface area (Å²) in [5.74, 6) is 0. The van der Waals surface area contributed by atoms with Gasteiger partial charge in [0.25, 0.3) is 10.0 Å². The van der Waals surface area contributed by atoms with Gasteiger partial charge in [0.05, 0.1) is 6.20 Å². The molecule has 0 aliphatic rings. The maximum Gasteiger partial charge on any atom is 0.258 e. The first kappa shape index (κ1) is 12.7. The molecule has 86 valence electrons. The normalized spacial score (nSPS) is 13.1. The van der Waals surface area contributed by atoms with Crippen molar-refractivity contribution < 1.29 is 8.42 Å². The maximum absolute atomic E-state index is 11.9. The van der Waals surface area contributed by atoms with Crippen molar-refractivity contribution in [2.24, 2.45) is 7.05 Å². The monoisotopic (exact) mass is 295 g/mol. The molecule has 0 aromatic carbocycles. The summed E-state index contributed by atoms with van der Waals surface area (Å²) in [5, 5.41) is 4.53. The standard InChI is InChI=1S/C8H14BrN3O2S/c1-8(2,6-9)11-15(13,14)7-4-5-10-12(7)3/h4-5,11H,6H2,1-3H3. The molecule has 0 saturated heterocycles. The minimum Gasteiger partial charge on any atom is -0.256 e. The summed E-state index contributed by atoms with van der Waals surface area (Å²) in [6.07, 6.45) is 1.45. The van der Waals surface area contributed by atoms with Crippen LogP contribution in [0.2, 0.25) is 0 Å². The van der Waals surface area contributed by atoms with Gasteiger partial charge in [0.2, 0.25) is 0 Å². The predicted molar refractivity (Wildman–Crippen MR) is 61.4 cm³/mol. The van der Waals surface area contributed by atoms with E-state index in [-0.39, 0.29) is 5.03 Å². The summed E-state index contributed by atoms with van der Waals surface area (Å²) in [7, 11) is -1.90. The van der Waals surface area contributed by atoms with Crippen LogP contribution < -0.4 is 4.72 Å². The highest BCUT2D eigenvalue weighted by Crippen LogP contribution is 2.13. The zero-order chi connectivity index (χ0) is 11.7. The van der Waals surface area contributed by atoms with Crippen LogP contribution in [0, 0.1) is 0 Å². The van der Waals surface area contributed by atoms with E-state index in [0.717, 1.165) is 0 Å². The van der Waals surface area contributed by atoms with Gasteiger partial charge in [-0.15, -0.1) is 0 Å². The van der Waals surface area contributed by atoms with Crippen molar-refractivity contribution in [2.75, 3.05) is 5.33 Å². The molecule has 7 heteroatoms. The Kier molecular flexibility index (Phi) is 3.57. The molecule has 1 N–H and O–H groups in total. The first-order valence-corrected chi connectivity index (χ1v) is 6.97. The van der Waals surface area contributed by atoms with Crippen LogP contribution in [0.1, 0.15) is 13.8 Å². The van der Waals surface area contributed by atoms with Gasteiger partial charge in [0.15, 0.2) is 5.03 Å². The minimum absolute atomic E-state index is 0.163. The average molecular weight is 296 g/mol. The third-order valence-corrected chi connectivity index (χ3v) is 4.97. The fraction of sp³-hybridized carbons (Fsp3) is 0.625. The topological polar surface area (TPSA) is 64.0 Å². The van der Waals surface area contributed by atoms with E-state index in [1.807, 2.05) is 0 Å². The Balaban J connectivity index is 3.01. The van der Waals surface area contributed by atoms with Gasteiger partial charge in [-0.05, 0) is 19.9 Å². The van der Waals surface area contributed by atoms with Crippen LogP contribution in [0.3, 0.4) is 0 Å². The van der Waals surface area contributed by atoms with E-state index >= 15 is 0 Å². The van der Waals surface area contributed by atoms with Crippen molar-refractivity contribution in [2.45, 2.75) is 24.4 Å². The molecule has 0 amide bonds. The molecule has 1 aromatic rings. The van der Waals surface area contributed by atoms with Crippen LogP contribution in [0.4, 0.5) is 0 Å². The van der Waals surface area contributed by atoms with Gasteiger partial charge in [-0.1, -0.05) is 15.9 Å². The van der Waals surface area contributed by atoms with Crippen LogP contribution in [-0.2, 0) is 17.1 Å². The first-order chi connectivity index (χ1) is 6.78. The highest BCUT2D eigenvalue weighted by atomic mass is 79.9. The van der Waals surface area contributed by atoms with Crippen molar-refractivity contribution >= 4 is 26.0 Å². The summed E-state index contributed by atoms with van der Waals surface area (Å²) < 4.78 is 27.7. The van der Waals surface area contributed by atoms with Gasteiger partial charge in [0.1, 0.15) is 0 Å². The zero-order valence-electron chi connectivity index (χ0n) is 8.86. The Morgan fingerprint density at radius 3 is 2.60 bits per heavy atom. The van der Waals surface area contributed by atoms with E-state index in [9.17, 15) is 8.42 Å². The van der Waals surface area contributed by atoms with Crippen molar-refractivity contribution in [1.29, 1.82) is 0 Å². The molecular formula is C8H14BrN3O2S. The SMILES string of the molecule is Cn1nccc1S(=O)(=O)NC(C)(C)CBr. The molecule has 0 saturated carbocycles. The lowest BCUT2D eigenvalue weighted by Crippen LogP contribution is -2.45. The van der Waals surface area contributed by atoms with E-state index in [1.54, 1.807) is 20.9 Å². The lowest BCUT2D eigenvalue weighted by molar-refractivity contribution is 0.493. The third-order valence-electron chi connectivity index (χ3n) is 1.80. The molecule has 0 bridgehead atoms. The Morgan fingerprint density at radius 2 is 2.20 bits per heavy atom. The molecule has 1 aromatic heterocycles. The fourth-order valence-electron chi connectivity index (χ4n) is 1.07. The quantitative estimate of drug-likeness (QED) is 0.839. The van der Waals surface area contributed by atoms with Crippen molar-refractivity contribution in [3.8, 4) is 0 Å². The molecule has 1 rings (SSSR count). The second-order valence-corrected chi connectivity index (χ2v) is 6.11. The van der Waals surface area contributed by atoms with Crippen LogP contribution >= 0.6 is 15.9 Å². The molecule has 0 fully saturated rings. The first-order valence-electron chi connectivity index (χ1n) is 4.36. The number of nitrogens with one attached hydrogen (secondary N) is 1. The van der Waals surface area contributed by atoms with E-state index in [0.29, 0.717) is 5.33 Å². The number of sulfonamides is 1. The van der Waals surface area contributed by atoms with Crippen LogP contribution in [0.5, 0.6) is 0 Å². The van der Waals surface area contributed by atoms with Gasteiger partial charge >= 0.3 is 0 Å². The summed E-state index contributed by atoms with van der Waals surface area (Å²) in [5.41, 5.74) is -0.525. The number of nitrogens with zero attached hydrogens (tertiary/aromatic N) is 2. The number of rotatable bonds is 4. The Hall–Kier alpha value is -0.400. The third kappa shape index (κ3) is 3.02. The lowest BCUT2D eigenvalue weighted by Gasteiger charge is -2.22. The minimum atomic E-state index is -3.50. The zero-order valence-corrected chi connectivity index (χ0v) is 11.3. The lowest BCUT2D eigenvalue weighted by atomic mass is 10.1. The van der Waals surface area contributed by atoms with Crippen LogP contribution in [-0.4, -0.2) is 29.1 Å². The Morgan fingerprint density at radius 1 is 1.60 bits per heavy atom. The maximum atomic E-state index is 11.9. The average Bonchev–Trinajstić information content (AvgIpc) is 2.50. The molecule has 5 nitrogen and oxygen atoms in total. The number of halogens is 1. The van der Waals surface area contributed by atoms with Crippen LogP contribution in [0.15, 0.2) is 17.3 Å². The summed E-state index contributed by atoms with van der Waals surface area (Å²) in [6, 6.07) is 1.46. The summed E-state index contributed by atoms with van der Waals surface area (Å²) in [6.45, 7) is 3.60. The molecule has 15 heavy (non-hydrogen) atoms. The summed E-state index contributed by atoms with van der Waals surface area (Å²) in [4.78, 5) is 0. The Labute approximate surface area is 98.0 Å². The van der Waals surface area contributed by atoms with Crippen molar-refractivity contribution in [3.05, 3.63) is 12.3 Å². The van der Waals surface area contributed by atoms with Gasteiger partial charge < -0.3 is 0 Å². The number of alkyl halides is 1. The van der Waals surface area contributed by atoms with Gasteiger partial charge in [-0.2, -0.15) is 5.10 Å². The largest absolute Gasteiger partial charge is 0.258 e. The number of hydrogen-bond donors (Lipinski definition) is 1. The molecule has 0 unspecified atom stereocenters. The molecule has 0 radical (unpaired) electrons. The smallest absolute Gasteiger partial charge is 0.256 e. The number of hydrogen-bond acceptors (Lipinski definition) is 3. The van der Waals surface area contributed by atoms with Gasteiger partial charge in [0, 0.05) is 17.9 Å². The van der Waals surface area contributed by atoms with E-state index in [2.05, 4.69) is 25.8 Å². The van der Waals surface area contributed by atoms with E-state index in [4.69, 9.17) is 0 Å². The molecule has 0 aliphatic carbocycles. The van der Waals surface area contributed by atoms with Gasteiger partial charge in [-0.25, -0.2) is 13.1 Å². The second kappa shape index (κ2) is 4.23. The fourth-order valence-corrected chi connectivity index (χ4v) is 2.93. The highest BCUT2D eigenvalue weighted by Gasteiger charge is 2.26.